The summed E-state index contributed by atoms with van der Waals surface area (Å²) in [5, 5.41) is 5.92. The average molecular weight is 184 g/mol. The summed E-state index contributed by atoms with van der Waals surface area (Å²) in [6.45, 7) is 5.34. The van der Waals surface area contributed by atoms with Crippen LogP contribution in [0.15, 0.2) is 12.7 Å². The Bertz CT molecular complexity index is 146. The van der Waals surface area contributed by atoms with Gasteiger partial charge in [0.1, 0.15) is 0 Å². The van der Waals surface area contributed by atoms with Crippen molar-refractivity contribution in [2.75, 3.05) is 20.1 Å². The first-order valence-corrected chi connectivity index (χ1v) is 4.83. The molecule has 3 nitrogen and oxygen atoms in total. The zero-order chi connectivity index (χ0) is 9.94. The minimum absolute atomic E-state index is 0.0728. The maximum absolute atomic E-state index is 10.9. The Morgan fingerprint density at radius 2 is 2.00 bits per heavy atom. The molecule has 0 bridgehead atoms. The fourth-order valence-corrected chi connectivity index (χ4v) is 1.03. The highest BCUT2D eigenvalue weighted by molar-refractivity contribution is 5.77. The van der Waals surface area contributed by atoms with Gasteiger partial charge >= 0.3 is 0 Å². The summed E-state index contributed by atoms with van der Waals surface area (Å²) in [5.41, 5.74) is 0. The monoisotopic (exact) mass is 184 g/mol. The van der Waals surface area contributed by atoms with Gasteiger partial charge in [-0.1, -0.05) is 12.5 Å². The molecule has 1 amide bonds. The highest BCUT2D eigenvalue weighted by Gasteiger charge is 1.95. The Hall–Kier alpha value is -0.830. The molecule has 0 unspecified atom stereocenters. The Labute approximate surface area is 80.6 Å². The van der Waals surface area contributed by atoms with Crippen molar-refractivity contribution in [1.29, 1.82) is 0 Å². The lowest BCUT2D eigenvalue weighted by molar-refractivity contribution is -0.120. The standard InChI is InChI=1S/C10H20N2O/c1-3-7-10(13)12-9-6-4-5-8-11-2/h3,11H,1,4-9H2,2H3,(H,12,13). The van der Waals surface area contributed by atoms with Crippen LogP contribution in [0.2, 0.25) is 0 Å². The molecule has 0 heterocycles. The number of rotatable bonds is 8. The molecule has 0 atom stereocenters. The Morgan fingerprint density at radius 1 is 1.31 bits per heavy atom. The maximum atomic E-state index is 10.9. The average Bonchev–Trinajstić information content (AvgIpc) is 2.11. The number of nitrogens with one attached hydrogen (secondary N) is 2. The molecule has 0 saturated carbocycles. The Balaban J connectivity index is 3.06. The molecule has 0 aliphatic heterocycles. The molecule has 0 aromatic heterocycles. The van der Waals surface area contributed by atoms with Gasteiger partial charge in [0.15, 0.2) is 0 Å². The largest absolute Gasteiger partial charge is 0.356 e. The van der Waals surface area contributed by atoms with E-state index in [1.54, 1.807) is 6.08 Å². The second kappa shape index (κ2) is 9.26. The van der Waals surface area contributed by atoms with Gasteiger partial charge in [0.25, 0.3) is 0 Å². The molecule has 3 heteroatoms. The van der Waals surface area contributed by atoms with E-state index in [0.29, 0.717) is 6.42 Å². The molecule has 0 radical (unpaired) electrons. The van der Waals surface area contributed by atoms with Crippen molar-refractivity contribution in [2.45, 2.75) is 25.7 Å². The highest BCUT2D eigenvalue weighted by atomic mass is 16.1. The van der Waals surface area contributed by atoms with E-state index in [2.05, 4.69) is 17.2 Å². The Kier molecular flexibility index (Phi) is 8.67. The van der Waals surface area contributed by atoms with Gasteiger partial charge in [0.05, 0.1) is 0 Å². The summed E-state index contributed by atoms with van der Waals surface area (Å²) >= 11 is 0. The first-order chi connectivity index (χ1) is 6.31. The molecule has 0 aliphatic carbocycles. The van der Waals surface area contributed by atoms with Gasteiger partial charge in [-0.15, -0.1) is 6.58 Å². The minimum atomic E-state index is 0.0728. The van der Waals surface area contributed by atoms with E-state index in [1.165, 1.54) is 6.42 Å². The summed E-state index contributed by atoms with van der Waals surface area (Å²) in [6, 6.07) is 0. The van der Waals surface area contributed by atoms with E-state index < -0.39 is 0 Å². The third-order valence-electron chi connectivity index (χ3n) is 1.76. The van der Waals surface area contributed by atoms with Gasteiger partial charge < -0.3 is 10.6 Å². The first-order valence-electron chi connectivity index (χ1n) is 4.83. The highest BCUT2D eigenvalue weighted by Crippen LogP contribution is 1.92. The maximum Gasteiger partial charge on any atom is 0.223 e. The van der Waals surface area contributed by atoms with Gasteiger partial charge in [-0.3, -0.25) is 4.79 Å². The number of carbonyl (C=O) groups is 1. The van der Waals surface area contributed by atoms with Crippen LogP contribution < -0.4 is 10.6 Å². The molecule has 0 aliphatic rings. The van der Waals surface area contributed by atoms with Crippen LogP contribution in [0.25, 0.3) is 0 Å². The summed E-state index contributed by atoms with van der Waals surface area (Å²) in [5.74, 6) is 0.0728. The van der Waals surface area contributed by atoms with Gasteiger partial charge in [-0.05, 0) is 26.4 Å². The molecule has 76 valence electrons. The lowest BCUT2D eigenvalue weighted by Gasteiger charge is -2.02. The van der Waals surface area contributed by atoms with Crippen molar-refractivity contribution in [3.8, 4) is 0 Å². The fraction of sp³-hybridized carbons (Fsp3) is 0.700. The smallest absolute Gasteiger partial charge is 0.223 e. The summed E-state index contributed by atoms with van der Waals surface area (Å²) in [6.07, 6.45) is 5.44. The third-order valence-corrected chi connectivity index (χ3v) is 1.76. The van der Waals surface area contributed by atoms with E-state index in [-0.39, 0.29) is 5.91 Å². The summed E-state index contributed by atoms with van der Waals surface area (Å²) in [7, 11) is 1.95. The van der Waals surface area contributed by atoms with E-state index in [1.807, 2.05) is 7.05 Å². The van der Waals surface area contributed by atoms with Crippen LogP contribution in [0.4, 0.5) is 0 Å². The van der Waals surface area contributed by atoms with Gasteiger partial charge in [-0.2, -0.15) is 0 Å². The molecule has 0 saturated heterocycles. The molecule has 0 fully saturated rings. The molecule has 0 spiro atoms. The van der Waals surface area contributed by atoms with Crippen LogP contribution in [0.1, 0.15) is 25.7 Å². The van der Waals surface area contributed by atoms with E-state index in [9.17, 15) is 4.79 Å². The molecule has 0 aromatic carbocycles. The predicted molar refractivity (Wildman–Crippen MR) is 55.6 cm³/mol. The second-order valence-electron chi connectivity index (χ2n) is 3.01. The van der Waals surface area contributed by atoms with Crippen molar-refractivity contribution in [2.24, 2.45) is 0 Å². The lowest BCUT2D eigenvalue weighted by atomic mass is 10.2. The van der Waals surface area contributed by atoms with Crippen molar-refractivity contribution < 1.29 is 4.79 Å². The lowest BCUT2D eigenvalue weighted by Crippen LogP contribution is -2.23. The van der Waals surface area contributed by atoms with Crippen LogP contribution in [0, 0.1) is 0 Å². The number of hydrogen-bond acceptors (Lipinski definition) is 2. The van der Waals surface area contributed by atoms with Crippen LogP contribution >= 0.6 is 0 Å². The molecule has 0 aromatic rings. The number of unbranched alkanes of at least 4 members (excludes halogenated alkanes) is 2. The zero-order valence-corrected chi connectivity index (χ0v) is 8.44. The van der Waals surface area contributed by atoms with E-state index in [0.717, 1.165) is 25.9 Å². The second-order valence-corrected chi connectivity index (χ2v) is 3.01. The van der Waals surface area contributed by atoms with Gasteiger partial charge in [0, 0.05) is 13.0 Å². The normalized spacial score (nSPS) is 9.62. The van der Waals surface area contributed by atoms with Crippen LogP contribution in [0.3, 0.4) is 0 Å². The summed E-state index contributed by atoms with van der Waals surface area (Å²) in [4.78, 5) is 10.9. The van der Waals surface area contributed by atoms with Crippen molar-refractivity contribution >= 4 is 5.91 Å². The third kappa shape index (κ3) is 9.08. The molecular formula is C10H20N2O. The van der Waals surface area contributed by atoms with Gasteiger partial charge in [-0.25, -0.2) is 0 Å². The Morgan fingerprint density at radius 3 is 2.62 bits per heavy atom. The van der Waals surface area contributed by atoms with Crippen LogP contribution in [-0.2, 0) is 4.79 Å². The zero-order valence-electron chi connectivity index (χ0n) is 8.44. The fourth-order valence-electron chi connectivity index (χ4n) is 1.03. The number of amides is 1. The van der Waals surface area contributed by atoms with E-state index >= 15 is 0 Å². The predicted octanol–water partition coefficient (Wildman–Crippen LogP) is 1.07. The van der Waals surface area contributed by atoms with Crippen molar-refractivity contribution in [3.05, 3.63) is 12.7 Å². The molecule has 0 rings (SSSR count). The topological polar surface area (TPSA) is 41.1 Å². The summed E-state index contributed by atoms with van der Waals surface area (Å²) < 4.78 is 0. The molecular weight excluding hydrogens is 164 g/mol. The molecule has 13 heavy (non-hydrogen) atoms. The van der Waals surface area contributed by atoms with Gasteiger partial charge in [0.2, 0.25) is 5.91 Å². The van der Waals surface area contributed by atoms with Crippen LogP contribution in [-0.4, -0.2) is 26.0 Å². The SMILES string of the molecule is C=CCC(=O)NCCCCCNC. The van der Waals surface area contributed by atoms with E-state index in [4.69, 9.17) is 0 Å². The van der Waals surface area contributed by atoms with Crippen LogP contribution in [0.5, 0.6) is 0 Å². The van der Waals surface area contributed by atoms with Crippen molar-refractivity contribution in [1.82, 2.24) is 10.6 Å². The molecule has 2 N–H and O–H groups in total. The first kappa shape index (κ1) is 12.2. The minimum Gasteiger partial charge on any atom is -0.356 e. The number of hydrogen-bond donors (Lipinski definition) is 2. The quantitative estimate of drug-likeness (QED) is 0.437. The van der Waals surface area contributed by atoms with Crippen molar-refractivity contribution in [3.63, 3.8) is 0 Å². The number of carbonyl (C=O) groups excluding carboxylic acids is 1.